The van der Waals surface area contributed by atoms with Crippen molar-refractivity contribution in [3.63, 3.8) is 0 Å². The predicted molar refractivity (Wildman–Crippen MR) is 112 cm³/mol. The lowest BCUT2D eigenvalue weighted by Gasteiger charge is -2.08. The van der Waals surface area contributed by atoms with Gasteiger partial charge in [-0.2, -0.15) is 0 Å². The molecule has 0 amide bonds. The highest BCUT2D eigenvalue weighted by Gasteiger charge is 2.16. The van der Waals surface area contributed by atoms with E-state index in [4.69, 9.17) is 9.47 Å². The standard InChI is InChI=1S/C21H22N4O2S/c1-3-25-20(18-14-22-19-7-5-4-6-17(18)19)23-24-21(25)28-13-12-27-16-10-8-15(26-2)9-11-16/h4-11,14,22H,3,12-13H2,1-2H3. The first kappa shape index (κ1) is 18.4. The number of benzene rings is 2. The maximum atomic E-state index is 5.80. The van der Waals surface area contributed by atoms with Gasteiger partial charge in [0.25, 0.3) is 0 Å². The van der Waals surface area contributed by atoms with Crippen molar-refractivity contribution in [3.8, 4) is 22.9 Å². The minimum absolute atomic E-state index is 0.593. The third-order valence-electron chi connectivity index (χ3n) is 4.51. The zero-order chi connectivity index (χ0) is 19.3. The molecule has 4 aromatic rings. The number of H-pyrrole nitrogens is 1. The van der Waals surface area contributed by atoms with Gasteiger partial charge in [0.05, 0.1) is 13.7 Å². The van der Waals surface area contributed by atoms with Gasteiger partial charge in [0, 0.05) is 35.0 Å². The van der Waals surface area contributed by atoms with Crippen LogP contribution in [0.1, 0.15) is 6.92 Å². The first-order valence-electron chi connectivity index (χ1n) is 9.19. The summed E-state index contributed by atoms with van der Waals surface area (Å²) in [5.41, 5.74) is 2.18. The first-order chi connectivity index (χ1) is 13.8. The van der Waals surface area contributed by atoms with E-state index in [0.717, 1.165) is 51.2 Å². The smallest absolute Gasteiger partial charge is 0.191 e. The van der Waals surface area contributed by atoms with Crippen LogP contribution in [-0.2, 0) is 6.54 Å². The lowest BCUT2D eigenvalue weighted by atomic mass is 10.1. The molecule has 0 radical (unpaired) electrons. The lowest BCUT2D eigenvalue weighted by Crippen LogP contribution is -2.03. The Hall–Kier alpha value is -2.93. The molecular formula is C21H22N4O2S. The van der Waals surface area contributed by atoms with Crippen LogP contribution in [-0.4, -0.2) is 39.2 Å². The molecule has 0 bridgehead atoms. The average Bonchev–Trinajstić information content (AvgIpc) is 3.35. The van der Waals surface area contributed by atoms with E-state index in [1.807, 2.05) is 42.6 Å². The van der Waals surface area contributed by atoms with E-state index in [2.05, 4.69) is 38.8 Å². The largest absolute Gasteiger partial charge is 0.497 e. The van der Waals surface area contributed by atoms with Crippen molar-refractivity contribution in [2.24, 2.45) is 0 Å². The molecule has 2 aromatic carbocycles. The van der Waals surface area contributed by atoms with E-state index < -0.39 is 0 Å². The van der Waals surface area contributed by atoms with E-state index in [-0.39, 0.29) is 0 Å². The second-order valence-electron chi connectivity index (χ2n) is 6.17. The fraction of sp³-hybridized carbons (Fsp3) is 0.238. The zero-order valence-electron chi connectivity index (χ0n) is 15.9. The Kier molecular flexibility index (Phi) is 5.53. The summed E-state index contributed by atoms with van der Waals surface area (Å²) in [7, 11) is 1.65. The van der Waals surface area contributed by atoms with Gasteiger partial charge in [0.1, 0.15) is 11.5 Å². The second kappa shape index (κ2) is 8.39. The van der Waals surface area contributed by atoms with Crippen molar-refractivity contribution < 1.29 is 9.47 Å². The SMILES string of the molecule is CCn1c(SCCOc2ccc(OC)cc2)nnc1-c1c[nH]c2ccccc12. The van der Waals surface area contributed by atoms with Gasteiger partial charge in [-0.1, -0.05) is 30.0 Å². The fourth-order valence-electron chi connectivity index (χ4n) is 3.10. The number of nitrogens with zero attached hydrogens (tertiary/aromatic N) is 3. The highest BCUT2D eigenvalue weighted by atomic mass is 32.2. The summed E-state index contributed by atoms with van der Waals surface area (Å²) in [6.45, 7) is 3.51. The number of hydrogen-bond donors (Lipinski definition) is 1. The number of rotatable bonds is 8. The van der Waals surface area contributed by atoms with Gasteiger partial charge in [0.15, 0.2) is 11.0 Å². The molecule has 28 heavy (non-hydrogen) atoms. The molecule has 4 rings (SSSR count). The Labute approximate surface area is 167 Å². The Morgan fingerprint density at radius 2 is 1.82 bits per heavy atom. The number of para-hydroxylation sites is 1. The number of fused-ring (bicyclic) bond motifs is 1. The molecule has 7 heteroatoms. The number of thioether (sulfide) groups is 1. The highest BCUT2D eigenvalue weighted by molar-refractivity contribution is 7.99. The Bertz CT molecular complexity index is 1060. The monoisotopic (exact) mass is 394 g/mol. The van der Waals surface area contributed by atoms with E-state index in [0.29, 0.717) is 6.61 Å². The van der Waals surface area contributed by atoms with Crippen LogP contribution in [0.4, 0.5) is 0 Å². The second-order valence-corrected chi connectivity index (χ2v) is 7.23. The summed E-state index contributed by atoms with van der Waals surface area (Å²) < 4.78 is 13.1. The molecule has 0 saturated heterocycles. The molecule has 0 aliphatic heterocycles. The molecule has 0 fully saturated rings. The first-order valence-corrected chi connectivity index (χ1v) is 10.2. The molecule has 0 aliphatic carbocycles. The normalized spacial score (nSPS) is 11.1. The van der Waals surface area contributed by atoms with Crippen LogP contribution in [0.5, 0.6) is 11.5 Å². The molecule has 0 saturated carbocycles. The summed E-state index contributed by atoms with van der Waals surface area (Å²) in [6.07, 6.45) is 2.00. The van der Waals surface area contributed by atoms with Crippen LogP contribution in [0, 0.1) is 0 Å². The maximum Gasteiger partial charge on any atom is 0.191 e. The number of ether oxygens (including phenoxy) is 2. The molecule has 0 spiro atoms. The average molecular weight is 395 g/mol. The van der Waals surface area contributed by atoms with E-state index >= 15 is 0 Å². The van der Waals surface area contributed by atoms with Gasteiger partial charge < -0.3 is 19.0 Å². The predicted octanol–water partition coefficient (Wildman–Crippen LogP) is 4.63. The maximum absolute atomic E-state index is 5.80. The van der Waals surface area contributed by atoms with Crippen molar-refractivity contribution in [1.82, 2.24) is 19.7 Å². The van der Waals surface area contributed by atoms with E-state index in [1.54, 1.807) is 18.9 Å². The molecule has 144 valence electrons. The van der Waals surface area contributed by atoms with E-state index in [9.17, 15) is 0 Å². The number of methoxy groups -OCH3 is 1. The Morgan fingerprint density at radius 1 is 1.04 bits per heavy atom. The van der Waals surface area contributed by atoms with Gasteiger partial charge in [0.2, 0.25) is 0 Å². The van der Waals surface area contributed by atoms with Crippen LogP contribution in [0.15, 0.2) is 59.9 Å². The summed E-state index contributed by atoms with van der Waals surface area (Å²) in [5.74, 6) is 3.33. The summed E-state index contributed by atoms with van der Waals surface area (Å²) >= 11 is 1.65. The molecule has 0 unspecified atom stereocenters. The van der Waals surface area contributed by atoms with E-state index in [1.165, 1.54) is 0 Å². The minimum atomic E-state index is 0.593. The van der Waals surface area contributed by atoms with Crippen LogP contribution >= 0.6 is 11.8 Å². The molecule has 6 nitrogen and oxygen atoms in total. The van der Waals surface area contributed by atoms with Crippen molar-refractivity contribution >= 4 is 22.7 Å². The third-order valence-corrected chi connectivity index (χ3v) is 5.44. The number of aromatic amines is 1. The van der Waals surface area contributed by atoms with Crippen LogP contribution < -0.4 is 9.47 Å². The minimum Gasteiger partial charge on any atom is -0.497 e. The third kappa shape index (κ3) is 3.71. The topological polar surface area (TPSA) is 65.0 Å². The summed E-state index contributed by atoms with van der Waals surface area (Å²) in [4.78, 5) is 3.31. The Morgan fingerprint density at radius 3 is 2.61 bits per heavy atom. The number of aromatic nitrogens is 4. The van der Waals surface area contributed by atoms with Gasteiger partial charge in [-0.3, -0.25) is 0 Å². The summed E-state index contributed by atoms with van der Waals surface area (Å²) in [5, 5.41) is 10.9. The molecule has 2 heterocycles. The molecule has 0 atom stereocenters. The van der Waals surface area contributed by atoms with Crippen molar-refractivity contribution in [2.45, 2.75) is 18.6 Å². The van der Waals surface area contributed by atoms with Gasteiger partial charge >= 0.3 is 0 Å². The Balaban J connectivity index is 1.43. The zero-order valence-corrected chi connectivity index (χ0v) is 16.7. The number of nitrogens with one attached hydrogen (secondary N) is 1. The fourth-order valence-corrected chi connectivity index (χ4v) is 3.92. The summed E-state index contributed by atoms with van der Waals surface area (Å²) in [6, 6.07) is 15.8. The van der Waals surface area contributed by atoms with Crippen molar-refractivity contribution in [2.75, 3.05) is 19.5 Å². The van der Waals surface area contributed by atoms with Gasteiger partial charge in [-0.05, 0) is 37.3 Å². The lowest BCUT2D eigenvalue weighted by molar-refractivity contribution is 0.342. The van der Waals surface area contributed by atoms with Crippen LogP contribution in [0.2, 0.25) is 0 Å². The van der Waals surface area contributed by atoms with Crippen LogP contribution in [0.25, 0.3) is 22.3 Å². The van der Waals surface area contributed by atoms with Gasteiger partial charge in [-0.15, -0.1) is 10.2 Å². The van der Waals surface area contributed by atoms with Crippen molar-refractivity contribution in [1.29, 1.82) is 0 Å². The van der Waals surface area contributed by atoms with Crippen molar-refractivity contribution in [3.05, 3.63) is 54.7 Å². The quantitative estimate of drug-likeness (QED) is 0.349. The van der Waals surface area contributed by atoms with Gasteiger partial charge in [-0.25, -0.2) is 0 Å². The molecule has 0 aliphatic rings. The molecule has 2 aromatic heterocycles. The number of hydrogen-bond acceptors (Lipinski definition) is 5. The van der Waals surface area contributed by atoms with Crippen LogP contribution in [0.3, 0.4) is 0 Å². The molecular weight excluding hydrogens is 372 g/mol. The highest BCUT2D eigenvalue weighted by Crippen LogP contribution is 2.30. The molecule has 1 N–H and O–H groups in total.